The summed E-state index contributed by atoms with van der Waals surface area (Å²) in [5.41, 5.74) is 7.12. The van der Waals surface area contributed by atoms with Gasteiger partial charge in [-0.15, -0.1) is 5.10 Å². The first-order chi connectivity index (χ1) is 10.8. The van der Waals surface area contributed by atoms with Crippen molar-refractivity contribution in [3.63, 3.8) is 0 Å². The largest absolute Gasteiger partial charge is 0.438 e. The molecule has 0 fully saturated rings. The lowest BCUT2D eigenvalue weighted by Gasteiger charge is -2.00. The van der Waals surface area contributed by atoms with Crippen LogP contribution in [0.15, 0.2) is 29.1 Å². The zero-order chi connectivity index (χ0) is 15.1. The number of nitrogens with zero attached hydrogens (tertiary/aromatic N) is 6. The van der Waals surface area contributed by atoms with Crippen LogP contribution in [0.25, 0.3) is 28.3 Å². The molecule has 8 nitrogen and oxygen atoms in total. The summed E-state index contributed by atoms with van der Waals surface area (Å²) in [7, 11) is 0. The summed E-state index contributed by atoms with van der Waals surface area (Å²) in [4.78, 5) is 8.97. The van der Waals surface area contributed by atoms with Gasteiger partial charge in [0.15, 0.2) is 22.9 Å². The Morgan fingerprint density at radius 1 is 1.27 bits per heavy atom. The van der Waals surface area contributed by atoms with Crippen LogP contribution >= 0.6 is 0 Å². The maximum absolute atomic E-state index is 5.60. The molecule has 4 rings (SSSR count). The minimum absolute atomic E-state index is 0.338. The smallest absolute Gasteiger partial charge is 0.218 e. The first-order valence-corrected chi connectivity index (χ1v) is 7.19. The monoisotopic (exact) mass is 297 g/mol. The van der Waals surface area contributed by atoms with Crippen molar-refractivity contribution in [2.45, 2.75) is 26.3 Å². The highest BCUT2D eigenvalue weighted by Crippen LogP contribution is 2.23. The van der Waals surface area contributed by atoms with Gasteiger partial charge in [-0.05, 0) is 12.5 Å². The van der Waals surface area contributed by atoms with E-state index >= 15 is 0 Å². The Morgan fingerprint density at radius 3 is 2.95 bits per heavy atom. The van der Waals surface area contributed by atoms with Gasteiger partial charge in [-0.3, -0.25) is 0 Å². The summed E-state index contributed by atoms with van der Waals surface area (Å²) >= 11 is 0. The van der Waals surface area contributed by atoms with Crippen molar-refractivity contribution in [1.82, 2.24) is 29.4 Å². The Kier molecular flexibility index (Phi) is 2.81. The molecule has 0 unspecified atom stereocenters. The summed E-state index contributed by atoms with van der Waals surface area (Å²) in [5.74, 6) is 1.35. The van der Waals surface area contributed by atoms with E-state index in [4.69, 9.17) is 10.2 Å². The van der Waals surface area contributed by atoms with Crippen LogP contribution in [0.1, 0.15) is 19.8 Å². The second-order valence-corrected chi connectivity index (χ2v) is 5.11. The minimum atomic E-state index is 0.338. The van der Waals surface area contributed by atoms with E-state index in [0.29, 0.717) is 23.1 Å². The molecule has 2 N–H and O–H groups in total. The molecule has 0 spiro atoms. The SMILES string of the molecule is CCCCn1ncc2c1ncn1nc(-c3ccc(N)o3)nc21. The molecule has 112 valence electrons. The van der Waals surface area contributed by atoms with Crippen LogP contribution in [-0.2, 0) is 6.54 Å². The zero-order valence-electron chi connectivity index (χ0n) is 12.1. The molecular weight excluding hydrogens is 282 g/mol. The van der Waals surface area contributed by atoms with Crippen molar-refractivity contribution < 1.29 is 4.42 Å². The van der Waals surface area contributed by atoms with Gasteiger partial charge < -0.3 is 10.2 Å². The molecule has 0 aliphatic heterocycles. The number of aromatic nitrogens is 6. The fourth-order valence-corrected chi connectivity index (χ4v) is 2.42. The number of rotatable bonds is 4. The lowest BCUT2D eigenvalue weighted by atomic mass is 10.3. The van der Waals surface area contributed by atoms with Gasteiger partial charge in [0, 0.05) is 12.6 Å². The highest BCUT2D eigenvalue weighted by atomic mass is 16.4. The van der Waals surface area contributed by atoms with E-state index in [2.05, 4.69) is 27.1 Å². The summed E-state index contributed by atoms with van der Waals surface area (Å²) in [5, 5.41) is 9.65. The molecule has 0 saturated carbocycles. The molecular formula is C14H15N7O. The number of fused-ring (bicyclic) bond motifs is 3. The standard InChI is InChI=1S/C14H15N7O/c1-2-3-6-20-13-9(7-17-20)14-18-12(19-21(14)8-16-13)10-4-5-11(15)22-10/h4-5,7-8H,2-3,6,15H2,1H3. The van der Waals surface area contributed by atoms with Crippen LogP contribution in [0.3, 0.4) is 0 Å². The Hall–Kier alpha value is -2.90. The molecule has 4 heterocycles. The number of hydrogen-bond acceptors (Lipinski definition) is 6. The fourth-order valence-electron chi connectivity index (χ4n) is 2.42. The second-order valence-electron chi connectivity index (χ2n) is 5.11. The van der Waals surface area contributed by atoms with Crippen LogP contribution in [0.2, 0.25) is 0 Å². The second kappa shape index (κ2) is 4.83. The molecule has 0 bridgehead atoms. The van der Waals surface area contributed by atoms with E-state index in [1.54, 1.807) is 29.2 Å². The molecule has 4 aromatic heterocycles. The van der Waals surface area contributed by atoms with Gasteiger partial charge in [0.05, 0.1) is 11.6 Å². The topological polar surface area (TPSA) is 100 Å². The third-order valence-electron chi connectivity index (χ3n) is 3.54. The van der Waals surface area contributed by atoms with Crippen molar-refractivity contribution in [2.75, 3.05) is 5.73 Å². The van der Waals surface area contributed by atoms with E-state index < -0.39 is 0 Å². The molecule has 0 aliphatic carbocycles. The van der Waals surface area contributed by atoms with Gasteiger partial charge in [-0.1, -0.05) is 13.3 Å². The molecule has 4 aromatic rings. The lowest BCUT2D eigenvalue weighted by Crippen LogP contribution is -2.01. The van der Waals surface area contributed by atoms with Gasteiger partial charge in [0.2, 0.25) is 5.82 Å². The van der Waals surface area contributed by atoms with Crippen molar-refractivity contribution in [3.05, 3.63) is 24.7 Å². The lowest BCUT2D eigenvalue weighted by molar-refractivity contribution is 0.583. The first kappa shape index (κ1) is 12.8. The van der Waals surface area contributed by atoms with E-state index in [-0.39, 0.29) is 0 Å². The quantitative estimate of drug-likeness (QED) is 0.619. The van der Waals surface area contributed by atoms with Gasteiger partial charge in [0.25, 0.3) is 0 Å². The molecule has 0 aliphatic rings. The van der Waals surface area contributed by atoms with E-state index in [1.165, 1.54) is 0 Å². The summed E-state index contributed by atoms with van der Waals surface area (Å²) < 4.78 is 8.90. The third kappa shape index (κ3) is 1.92. The molecule has 22 heavy (non-hydrogen) atoms. The van der Waals surface area contributed by atoms with E-state index in [0.717, 1.165) is 30.4 Å². The number of aryl methyl sites for hydroxylation is 1. The van der Waals surface area contributed by atoms with Gasteiger partial charge in [-0.25, -0.2) is 19.2 Å². The van der Waals surface area contributed by atoms with E-state index in [9.17, 15) is 0 Å². The first-order valence-electron chi connectivity index (χ1n) is 7.19. The Balaban J connectivity index is 1.85. The molecule has 0 amide bonds. The number of anilines is 1. The van der Waals surface area contributed by atoms with Gasteiger partial charge in [0.1, 0.15) is 6.33 Å². The highest BCUT2D eigenvalue weighted by Gasteiger charge is 2.15. The molecule has 0 radical (unpaired) electrons. The molecule has 8 heteroatoms. The van der Waals surface area contributed by atoms with Crippen LogP contribution in [0, 0.1) is 0 Å². The predicted molar refractivity (Wildman–Crippen MR) is 81.1 cm³/mol. The maximum Gasteiger partial charge on any atom is 0.218 e. The van der Waals surface area contributed by atoms with Gasteiger partial charge >= 0.3 is 0 Å². The van der Waals surface area contributed by atoms with Crippen LogP contribution in [-0.4, -0.2) is 29.4 Å². The van der Waals surface area contributed by atoms with Gasteiger partial charge in [-0.2, -0.15) is 5.10 Å². The van der Waals surface area contributed by atoms with E-state index in [1.807, 2.05) is 4.68 Å². The molecule has 0 aromatic carbocycles. The average molecular weight is 297 g/mol. The Bertz CT molecular complexity index is 949. The zero-order valence-corrected chi connectivity index (χ0v) is 12.1. The number of unbranched alkanes of at least 4 members (excludes halogenated alkanes) is 1. The summed E-state index contributed by atoms with van der Waals surface area (Å²) in [6.45, 7) is 3.00. The third-order valence-corrected chi connectivity index (χ3v) is 3.54. The van der Waals surface area contributed by atoms with Crippen LogP contribution < -0.4 is 5.73 Å². The Labute approximate surface area is 125 Å². The highest BCUT2D eigenvalue weighted by molar-refractivity contribution is 5.88. The number of nitrogens with two attached hydrogens (primary N) is 1. The summed E-state index contributed by atoms with van der Waals surface area (Å²) in [6.07, 6.45) is 5.60. The van der Waals surface area contributed by atoms with Crippen LogP contribution in [0.4, 0.5) is 5.88 Å². The average Bonchev–Trinajstić information content (AvgIpc) is 3.21. The van der Waals surface area contributed by atoms with Crippen LogP contribution in [0.5, 0.6) is 0 Å². The fraction of sp³-hybridized carbons (Fsp3) is 0.286. The molecule has 0 saturated heterocycles. The van der Waals surface area contributed by atoms with Crippen molar-refractivity contribution in [2.24, 2.45) is 0 Å². The molecule has 0 atom stereocenters. The number of hydrogen-bond donors (Lipinski definition) is 1. The minimum Gasteiger partial charge on any atom is -0.438 e. The van der Waals surface area contributed by atoms with Crippen molar-refractivity contribution >= 4 is 22.6 Å². The number of furan rings is 1. The van der Waals surface area contributed by atoms with Crippen molar-refractivity contribution in [1.29, 1.82) is 0 Å². The van der Waals surface area contributed by atoms with Crippen molar-refractivity contribution in [3.8, 4) is 11.6 Å². The Morgan fingerprint density at radius 2 is 2.18 bits per heavy atom. The normalized spacial score (nSPS) is 11.7. The predicted octanol–water partition coefficient (Wildman–Crippen LogP) is 2.12. The summed E-state index contributed by atoms with van der Waals surface area (Å²) in [6, 6.07) is 3.43. The maximum atomic E-state index is 5.60. The number of nitrogen functional groups attached to an aromatic ring is 1.